The molecule has 1 aliphatic heterocycles. The molecule has 100 valence electrons. The smallest absolute Gasteiger partial charge is 0.213 e. The molecule has 0 aliphatic carbocycles. The summed E-state index contributed by atoms with van der Waals surface area (Å²) in [6.07, 6.45) is 4.63. The first-order valence-corrected chi connectivity index (χ1v) is 6.55. The fourth-order valence-corrected chi connectivity index (χ4v) is 2.51. The van der Waals surface area contributed by atoms with E-state index in [2.05, 4.69) is 24.1 Å². The van der Waals surface area contributed by atoms with E-state index in [1.165, 1.54) is 5.56 Å². The number of rotatable bonds is 4. The Hall–Kier alpha value is -1.13. The summed E-state index contributed by atoms with van der Waals surface area (Å²) in [6, 6.07) is 4.52. The number of aromatic nitrogens is 1. The number of nitrogens with zero attached hydrogens (tertiary/aromatic N) is 1. The van der Waals surface area contributed by atoms with Gasteiger partial charge in [0.1, 0.15) is 0 Å². The van der Waals surface area contributed by atoms with Gasteiger partial charge in [-0.3, -0.25) is 0 Å². The van der Waals surface area contributed by atoms with Crippen LogP contribution in [0, 0.1) is 0 Å². The van der Waals surface area contributed by atoms with Crippen LogP contribution in [0.2, 0.25) is 0 Å². The largest absolute Gasteiger partial charge is 0.481 e. The molecule has 1 fully saturated rings. The van der Waals surface area contributed by atoms with E-state index in [1.807, 2.05) is 12.1 Å². The topological polar surface area (TPSA) is 43.4 Å². The van der Waals surface area contributed by atoms with E-state index in [-0.39, 0.29) is 0 Å². The first-order chi connectivity index (χ1) is 8.67. The van der Waals surface area contributed by atoms with E-state index < -0.39 is 0 Å². The minimum atomic E-state index is 0.346. The standard InChI is InChI=1S/C14H22N2O2/c1-10-6-13(7-11(2)18-10)16-9-12-4-5-15-14(8-12)17-3/h4-5,8,10-11,13,16H,6-7,9H2,1-3H3. The number of methoxy groups -OCH3 is 1. The minimum absolute atomic E-state index is 0.346. The van der Waals surface area contributed by atoms with Crippen LogP contribution < -0.4 is 10.1 Å². The van der Waals surface area contributed by atoms with E-state index in [0.29, 0.717) is 24.1 Å². The van der Waals surface area contributed by atoms with E-state index in [1.54, 1.807) is 13.3 Å². The molecule has 2 heterocycles. The molecule has 1 aliphatic rings. The van der Waals surface area contributed by atoms with Crippen LogP contribution in [-0.4, -0.2) is 30.3 Å². The Morgan fingerprint density at radius 2 is 2.11 bits per heavy atom. The third-order valence-electron chi connectivity index (χ3n) is 3.30. The summed E-state index contributed by atoms with van der Waals surface area (Å²) < 4.78 is 10.9. The van der Waals surface area contributed by atoms with Gasteiger partial charge in [0.25, 0.3) is 0 Å². The van der Waals surface area contributed by atoms with Gasteiger partial charge in [-0.25, -0.2) is 4.98 Å². The van der Waals surface area contributed by atoms with Crippen molar-refractivity contribution < 1.29 is 9.47 Å². The van der Waals surface area contributed by atoms with Crippen LogP contribution in [0.4, 0.5) is 0 Å². The van der Waals surface area contributed by atoms with E-state index >= 15 is 0 Å². The summed E-state index contributed by atoms with van der Waals surface area (Å²) >= 11 is 0. The van der Waals surface area contributed by atoms with Gasteiger partial charge in [-0.2, -0.15) is 0 Å². The van der Waals surface area contributed by atoms with E-state index in [0.717, 1.165) is 19.4 Å². The van der Waals surface area contributed by atoms with Crippen molar-refractivity contribution in [1.82, 2.24) is 10.3 Å². The van der Waals surface area contributed by atoms with Gasteiger partial charge in [-0.05, 0) is 38.3 Å². The SMILES string of the molecule is COc1cc(CNC2CC(C)OC(C)C2)ccn1. The highest BCUT2D eigenvalue weighted by Crippen LogP contribution is 2.19. The van der Waals surface area contributed by atoms with Crippen LogP contribution in [-0.2, 0) is 11.3 Å². The van der Waals surface area contributed by atoms with Gasteiger partial charge in [0.05, 0.1) is 19.3 Å². The Kier molecular flexibility index (Phi) is 4.55. The average Bonchev–Trinajstić information content (AvgIpc) is 2.35. The Labute approximate surface area is 109 Å². The molecule has 0 bridgehead atoms. The zero-order valence-electron chi connectivity index (χ0n) is 11.3. The summed E-state index contributed by atoms with van der Waals surface area (Å²) in [7, 11) is 1.64. The molecule has 1 N–H and O–H groups in total. The lowest BCUT2D eigenvalue weighted by molar-refractivity contribution is -0.0422. The molecular formula is C14H22N2O2. The van der Waals surface area contributed by atoms with Crippen molar-refractivity contribution in [2.24, 2.45) is 0 Å². The number of hydrogen-bond acceptors (Lipinski definition) is 4. The number of nitrogens with one attached hydrogen (secondary N) is 1. The van der Waals surface area contributed by atoms with Crippen LogP contribution in [0.25, 0.3) is 0 Å². The fourth-order valence-electron chi connectivity index (χ4n) is 2.51. The van der Waals surface area contributed by atoms with Gasteiger partial charge >= 0.3 is 0 Å². The summed E-state index contributed by atoms with van der Waals surface area (Å²) in [4.78, 5) is 4.11. The lowest BCUT2D eigenvalue weighted by Crippen LogP contribution is -2.40. The van der Waals surface area contributed by atoms with E-state index in [9.17, 15) is 0 Å². The minimum Gasteiger partial charge on any atom is -0.481 e. The second kappa shape index (κ2) is 6.16. The highest BCUT2D eigenvalue weighted by atomic mass is 16.5. The monoisotopic (exact) mass is 250 g/mol. The van der Waals surface area contributed by atoms with Gasteiger partial charge in [0.2, 0.25) is 5.88 Å². The lowest BCUT2D eigenvalue weighted by atomic mass is 9.99. The maximum absolute atomic E-state index is 5.73. The second-order valence-electron chi connectivity index (χ2n) is 5.01. The molecular weight excluding hydrogens is 228 g/mol. The van der Waals surface area contributed by atoms with Gasteiger partial charge < -0.3 is 14.8 Å². The van der Waals surface area contributed by atoms with Crippen LogP contribution in [0.5, 0.6) is 5.88 Å². The summed E-state index contributed by atoms with van der Waals surface area (Å²) in [6.45, 7) is 5.13. The number of pyridine rings is 1. The van der Waals surface area contributed by atoms with Gasteiger partial charge in [0, 0.05) is 24.8 Å². The fraction of sp³-hybridized carbons (Fsp3) is 0.643. The van der Waals surface area contributed by atoms with Crippen molar-refractivity contribution in [2.75, 3.05) is 7.11 Å². The molecule has 0 amide bonds. The molecule has 2 unspecified atom stereocenters. The molecule has 18 heavy (non-hydrogen) atoms. The summed E-state index contributed by atoms with van der Waals surface area (Å²) in [5.41, 5.74) is 1.20. The molecule has 2 atom stereocenters. The van der Waals surface area contributed by atoms with Crippen LogP contribution >= 0.6 is 0 Å². The normalized spacial score (nSPS) is 28.1. The Balaban J connectivity index is 1.86. The first-order valence-electron chi connectivity index (χ1n) is 6.55. The molecule has 4 heteroatoms. The van der Waals surface area contributed by atoms with Crippen molar-refractivity contribution in [3.8, 4) is 5.88 Å². The highest BCUT2D eigenvalue weighted by Gasteiger charge is 2.23. The molecule has 1 saturated heterocycles. The quantitative estimate of drug-likeness (QED) is 0.889. The Bertz CT molecular complexity index is 374. The molecule has 0 radical (unpaired) electrons. The Morgan fingerprint density at radius 1 is 1.39 bits per heavy atom. The van der Waals surface area contributed by atoms with Crippen molar-refractivity contribution in [2.45, 2.75) is 51.5 Å². The van der Waals surface area contributed by atoms with Crippen molar-refractivity contribution in [3.63, 3.8) is 0 Å². The third-order valence-corrected chi connectivity index (χ3v) is 3.30. The molecule has 0 spiro atoms. The Morgan fingerprint density at radius 3 is 2.78 bits per heavy atom. The van der Waals surface area contributed by atoms with Crippen molar-refractivity contribution in [1.29, 1.82) is 0 Å². The maximum Gasteiger partial charge on any atom is 0.213 e. The zero-order chi connectivity index (χ0) is 13.0. The maximum atomic E-state index is 5.73. The summed E-state index contributed by atoms with van der Waals surface area (Å²) in [5, 5.41) is 3.59. The first kappa shape index (κ1) is 13.3. The van der Waals surface area contributed by atoms with Gasteiger partial charge in [0.15, 0.2) is 0 Å². The predicted molar refractivity (Wildman–Crippen MR) is 70.7 cm³/mol. The zero-order valence-corrected chi connectivity index (χ0v) is 11.3. The molecule has 4 nitrogen and oxygen atoms in total. The van der Waals surface area contributed by atoms with Gasteiger partial charge in [-0.15, -0.1) is 0 Å². The highest BCUT2D eigenvalue weighted by molar-refractivity contribution is 5.20. The molecule has 1 aromatic rings. The van der Waals surface area contributed by atoms with Crippen LogP contribution in [0.15, 0.2) is 18.3 Å². The molecule has 2 rings (SSSR count). The lowest BCUT2D eigenvalue weighted by Gasteiger charge is -2.32. The predicted octanol–water partition coefficient (Wildman–Crippen LogP) is 2.14. The van der Waals surface area contributed by atoms with Crippen LogP contribution in [0.3, 0.4) is 0 Å². The number of hydrogen-bond donors (Lipinski definition) is 1. The molecule has 0 saturated carbocycles. The third kappa shape index (κ3) is 3.68. The number of ether oxygens (including phenoxy) is 2. The van der Waals surface area contributed by atoms with Crippen LogP contribution in [0.1, 0.15) is 32.3 Å². The molecule has 1 aromatic heterocycles. The van der Waals surface area contributed by atoms with Gasteiger partial charge in [-0.1, -0.05) is 0 Å². The van der Waals surface area contributed by atoms with E-state index in [4.69, 9.17) is 9.47 Å². The molecule has 0 aromatic carbocycles. The van der Waals surface area contributed by atoms with Crippen molar-refractivity contribution >= 4 is 0 Å². The van der Waals surface area contributed by atoms with Crippen molar-refractivity contribution in [3.05, 3.63) is 23.9 Å². The summed E-state index contributed by atoms with van der Waals surface area (Å²) in [5.74, 6) is 0.669. The average molecular weight is 250 g/mol. The second-order valence-corrected chi connectivity index (χ2v) is 5.01.